The van der Waals surface area contributed by atoms with Crippen LogP contribution in [0.1, 0.15) is 38.5 Å². The minimum atomic E-state index is -3.15. The molecule has 7 heteroatoms. The second-order valence-corrected chi connectivity index (χ2v) is 10.4. The molecule has 5 nitrogen and oxygen atoms in total. The molecule has 0 bridgehead atoms. The molecule has 0 aromatic heterocycles. The van der Waals surface area contributed by atoms with Crippen molar-refractivity contribution in [2.24, 2.45) is 0 Å². The zero-order valence-electron chi connectivity index (χ0n) is 14.8. The van der Waals surface area contributed by atoms with Gasteiger partial charge in [-0.2, -0.15) is 0 Å². The van der Waals surface area contributed by atoms with Gasteiger partial charge in [-0.05, 0) is 31.0 Å². The molecule has 1 saturated carbocycles. The first-order chi connectivity index (χ1) is 12.4. The summed E-state index contributed by atoms with van der Waals surface area (Å²) in [5.74, 6) is 0.173. The Hall–Kier alpha value is -1.11. The second kappa shape index (κ2) is 7.13. The van der Waals surface area contributed by atoms with Gasteiger partial charge in [0.05, 0.1) is 24.1 Å². The highest BCUT2D eigenvalue weighted by molar-refractivity contribution is 7.91. The normalized spacial score (nSPS) is 30.2. The smallest absolute Gasteiger partial charge is 0.241 e. The molecule has 0 unspecified atom stereocenters. The van der Waals surface area contributed by atoms with Crippen LogP contribution in [0.4, 0.5) is 5.69 Å². The first kappa shape index (κ1) is 18.3. The molecular weight excluding hydrogens is 372 g/mol. The summed E-state index contributed by atoms with van der Waals surface area (Å²) >= 11 is 6.11. The number of hydrogen-bond donors (Lipinski definition) is 0. The zero-order chi connectivity index (χ0) is 18.3. The maximum Gasteiger partial charge on any atom is 0.241 e. The molecular formula is C19H25ClN2O3S. The monoisotopic (exact) mass is 396 g/mol. The van der Waals surface area contributed by atoms with Crippen molar-refractivity contribution in [1.29, 1.82) is 0 Å². The Morgan fingerprint density at radius 2 is 1.69 bits per heavy atom. The summed E-state index contributed by atoms with van der Waals surface area (Å²) in [6.45, 7) is 0.299. The van der Waals surface area contributed by atoms with Crippen molar-refractivity contribution in [3.05, 3.63) is 29.3 Å². The Kier molecular flexibility index (Phi) is 5.01. The Morgan fingerprint density at radius 3 is 2.38 bits per heavy atom. The lowest BCUT2D eigenvalue weighted by atomic mass is 9.97. The van der Waals surface area contributed by atoms with E-state index in [-0.39, 0.29) is 29.5 Å². The molecule has 0 radical (unpaired) electrons. The maximum absolute atomic E-state index is 13.0. The predicted molar refractivity (Wildman–Crippen MR) is 103 cm³/mol. The zero-order valence-corrected chi connectivity index (χ0v) is 16.4. The summed E-state index contributed by atoms with van der Waals surface area (Å²) in [6.07, 6.45) is 6.93. The highest BCUT2D eigenvalue weighted by atomic mass is 35.5. The van der Waals surface area contributed by atoms with Crippen LogP contribution in [0.25, 0.3) is 0 Å². The third-order valence-electron chi connectivity index (χ3n) is 6.02. The van der Waals surface area contributed by atoms with E-state index in [2.05, 4.69) is 4.90 Å². The first-order valence-corrected chi connectivity index (χ1v) is 11.7. The predicted octanol–water partition coefficient (Wildman–Crippen LogP) is 2.88. The molecule has 2 aliphatic heterocycles. The molecule has 1 aromatic rings. The largest absolute Gasteiger partial charge is 0.306 e. The minimum absolute atomic E-state index is 0.0186. The van der Waals surface area contributed by atoms with Crippen molar-refractivity contribution in [3.8, 4) is 0 Å². The van der Waals surface area contributed by atoms with Gasteiger partial charge < -0.3 is 4.90 Å². The standard InChI is InChI=1S/C19H25ClN2O3S/c20-14-6-5-9-16(10-14)22-18-13-26(24,25)12-17(18)21(11-19(22)23)15-7-3-1-2-4-8-15/h5-6,9-10,15,17-18H,1-4,7-8,11-13H2/t17-,18+/m1/s1. The molecule has 1 aliphatic carbocycles. The summed E-state index contributed by atoms with van der Waals surface area (Å²) < 4.78 is 24.9. The van der Waals surface area contributed by atoms with E-state index in [0.717, 1.165) is 25.7 Å². The average Bonchev–Trinajstić information content (AvgIpc) is 2.75. The summed E-state index contributed by atoms with van der Waals surface area (Å²) in [4.78, 5) is 16.9. The molecule has 3 aliphatic rings. The number of rotatable bonds is 2. The Labute approximate surface area is 160 Å². The molecule has 2 atom stereocenters. The van der Waals surface area contributed by atoms with Gasteiger partial charge in [-0.25, -0.2) is 8.42 Å². The molecule has 4 rings (SSSR count). The fourth-order valence-electron chi connectivity index (χ4n) is 4.86. The summed E-state index contributed by atoms with van der Waals surface area (Å²) in [5.41, 5.74) is 0.704. The van der Waals surface area contributed by atoms with Crippen LogP contribution >= 0.6 is 11.6 Å². The number of halogens is 1. The number of anilines is 1. The quantitative estimate of drug-likeness (QED) is 0.721. The van der Waals surface area contributed by atoms with E-state index in [0.29, 0.717) is 23.3 Å². The Balaban J connectivity index is 1.68. The van der Waals surface area contributed by atoms with Crippen molar-refractivity contribution < 1.29 is 13.2 Å². The van der Waals surface area contributed by atoms with Crippen LogP contribution in [0.15, 0.2) is 24.3 Å². The van der Waals surface area contributed by atoms with Gasteiger partial charge in [0.1, 0.15) is 0 Å². The number of benzene rings is 1. The summed E-state index contributed by atoms with van der Waals surface area (Å²) in [7, 11) is -3.15. The van der Waals surface area contributed by atoms with Gasteiger partial charge in [0, 0.05) is 22.8 Å². The van der Waals surface area contributed by atoms with E-state index in [1.807, 2.05) is 6.07 Å². The fourth-order valence-corrected chi connectivity index (χ4v) is 7.01. The van der Waals surface area contributed by atoms with E-state index in [9.17, 15) is 13.2 Å². The fraction of sp³-hybridized carbons (Fsp3) is 0.632. The number of amides is 1. The molecule has 2 saturated heterocycles. The molecule has 142 valence electrons. The summed E-state index contributed by atoms with van der Waals surface area (Å²) in [5, 5.41) is 0.555. The van der Waals surface area contributed by atoms with Gasteiger partial charge in [-0.15, -0.1) is 0 Å². The third-order valence-corrected chi connectivity index (χ3v) is 7.95. The van der Waals surface area contributed by atoms with E-state index in [1.54, 1.807) is 23.1 Å². The minimum Gasteiger partial charge on any atom is -0.306 e. The van der Waals surface area contributed by atoms with Crippen LogP contribution in [0.3, 0.4) is 0 Å². The van der Waals surface area contributed by atoms with Crippen LogP contribution in [0, 0.1) is 0 Å². The summed E-state index contributed by atoms with van der Waals surface area (Å²) in [6, 6.07) is 7.06. The van der Waals surface area contributed by atoms with Gasteiger partial charge in [0.2, 0.25) is 5.91 Å². The van der Waals surface area contributed by atoms with E-state index in [1.165, 1.54) is 12.8 Å². The van der Waals surface area contributed by atoms with Crippen LogP contribution in [-0.4, -0.2) is 55.4 Å². The lowest BCUT2D eigenvalue weighted by Crippen LogP contribution is -2.64. The highest BCUT2D eigenvalue weighted by Gasteiger charge is 2.51. The highest BCUT2D eigenvalue weighted by Crippen LogP contribution is 2.35. The van der Waals surface area contributed by atoms with Gasteiger partial charge in [0.15, 0.2) is 9.84 Å². The van der Waals surface area contributed by atoms with Crippen LogP contribution in [-0.2, 0) is 14.6 Å². The van der Waals surface area contributed by atoms with Gasteiger partial charge in [-0.3, -0.25) is 9.69 Å². The van der Waals surface area contributed by atoms with Gasteiger partial charge in [-0.1, -0.05) is 43.4 Å². The van der Waals surface area contributed by atoms with E-state index >= 15 is 0 Å². The van der Waals surface area contributed by atoms with Crippen molar-refractivity contribution in [2.45, 2.75) is 56.7 Å². The van der Waals surface area contributed by atoms with Crippen LogP contribution < -0.4 is 4.90 Å². The van der Waals surface area contributed by atoms with E-state index < -0.39 is 9.84 Å². The van der Waals surface area contributed by atoms with Crippen molar-refractivity contribution >= 4 is 33.0 Å². The van der Waals surface area contributed by atoms with Crippen LogP contribution in [0.2, 0.25) is 5.02 Å². The number of sulfone groups is 1. The number of carbonyl (C=O) groups is 1. The number of piperazine rings is 1. The SMILES string of the molecule is O=C1CN(C2CCCCCC2)[C@@H]2CS(=O)(=O)C[C@@H]2N1c1cccc(Cl)c1. The number of nitrogens with zero attached hydrogens (tertiary/aromatic N) is 2. The average molecular weight is 397 g/mol. The van der Waals surface area contributed by atoms with Crippen LogP contribution in [0.5, 0.6) is 0 Å². The maximum atomic E-state index is 13.0. The van der Waals surface area contributed by atoms with Crippen molar-refractivity contribution in [3.63, 3.8) is 0 Å². The molecule has 1 amide bonds. The number of fused-ring (bicyclic) bond motifs is 1. The Bertz CT molecular complexity index is 790. The van der Waals surface area contributed by atoms with Gasteiger partial charge >= 0.3 is 0 Å². The lowest BCUT2D eigenvalue weighted by molar-refractivity contribution is -0.124. The molecule has 3 fully saturated rings. The van der Waals surface area contributed by atoms with Crippen molar-refractivity contribution in [2.75, 3.05) is 23.0 Å². The molecule has 2 heterocycles. The Morgan fingerprint density at radius 1 is 1.00 bits per heavy atom. The molecule has 0 spiro atoms. The second-order valence-electron chi connectivity index (χ2n) is 7.77. The lowest BCUT2D eigenvalue weighted by Gasteiger charge is -2.46. The number of carbonyl (C=O) groups excluding carboxylic acids is 1. The molecule has 26 heavy (non-hydrogen) atoms. The van der Waals surface area contributed by atoms with Crippen molar-refractivity contribution in [1.82, 2.24) is 4.90 Å². The van der Waals surface area contributed by atoms with Gasteiger partial charge in [0.25, 0.3) is 0 Å². The van der Waals surface area contributed by atoms with E-state index in [4.69, 9.17) is 11.6 Å². The molecule has 1 aromatic carbocycles. The number of hydrogen-bond acceptors (Lipinski definition) is 4. The third kappa shape index (κ3) is 3.51. The topological polar surface area (TPSA) is 57.7 Å². The first-order valence-electron chi connectivity index (χ1n) is 9.48. The molecule has 0 N–H and O–H groups in total.